The maximum Gasteiger partial charge on any atom is 0.231 e. The molecule has 1 unspecified atom stereocenters. The SMILES string of the molecule is COc1cc(C(O)Cc2ccccc2Br)cc2c1OCO2. The summed E-state index contributed by atoms with van der Waals surface area (Å²) >= 11 is 3.49. The van der Waals surface area contributed by atoms with Crippen LogP contribution in [0, 0.1) is 0 Å². The number of aliphatic hydroxyl groups excluding tert-OH is 1. The van der Waals surface area contributed by atoms with Gasteiger partial charge in [0.2, 0.25) is 12.5 Å². The van der Waals surface area contributed by atoms with Crippen molar-refractivity contribution in [2.75, 3.05) is 13.9 Å². The molecule has 1 atom stereocenters. The molecular formula is C16H15BrO4. The summed E-state index contributed by atoms with van der Waals surface area (Å²) in [6.07, 6.45) is -0.142. The molecule has 0 radical (unpaired) electrons. The van der Waals surface area contributed by atoms with Crippen molar-refractivity contribution in [1.82, 2.24) is 0 Å². The van der Waals surface area contributed by atoms with Gasteiger partial charge in [-0.2, -0.15) is 0 Å². The van der Waals surface area contributed by atoms with Crippen molar-refractivity contribution in [3.05, 3.63) is 52.0 Å². The topological polar surface area (TPSA) is 47.9 Å². The van der Waals surface area contributed by atoms with E-state index >= 15 is 0 Å². The van der Waals surface area contributed by atoms with Gasteiger partial charge in [0.05, 0.1) is 13.2 Å². The molecule has 21 heavy (non-hydrogen) atoms. The summed E-state index contributed by atoms with van der Waals surface area (Å²) in [5.41, 5.74) is 1.79. The summed E-state index contributed by atoms with van der Waals surface area (Å²) in [4.78, 5) is 0. The highest BCUT2D eigenvalue weighted by Gasteiger charge is 2.22. The highest BCUT2D eigenvalue weighted by molar-refractivity contribution is 9.10. The summed E-state index contributed by atoms with van der Waals surface area (Å²) in [6.45, 7) is 0.176. The summed E-state index contributed by atoms with van der Waals surface area (Å²) in [5, 5.41) is 10.5. The molecule has 0 amide bonds. The Morgan fingerprint density at radius 2 is 2.10 bits per heavy atom. The van der Waals surface area contributed by atoms with Crippen molar-refractivity contribution in [1.29, 1.82) is 0 Å². The number of rotatable bonds is 4. The molecule has 0 aliphatic carbocycles. The molecule has 5 heteroatoms. The Hall–Kier alpha value is -1.72. The molecule has 2 aromatic rings. The monoisotopic (exact) mass is 350 g/mol. The van der Waals surface area contributed by atoms with E-state index in [1.54, 1.807) is 19.2 Å². The van der Waals surface area contributed by atoms with Gasteiger partial charge in [-0.05, 0) is 29.3 Å². The Morgan fingerprint density at radius 1 is 1.29 bits per heavy atom. The first kappa shape index (κ1) is 14.2. The standard InChI is InChI=1S/C16H15BrO4/c1-19-14-7-11(8-15-16(14)21-9-20-15)13(18)6-10-4-2-3-5-12(10)17/h2-5,7-8,13,18H,6,9H2,1H3. The van der Waals surface area contributed by atoms with Crippen LogP contribution in [-0.2, 0) is 6.42 Å². The van der Waals surface area contributed by atoms with Gasteiger partial charge in [0.15, 0.2) is 11.5 Å². The normalized spacial score (nSPS) is 14.0. The fourth-order valence-electron chi connectivity index (χ4n) is 2.33. The Balaban J connectivity index is 1.88. The zero-order chi connectivity index (χ0) is 14.8. The Labute approximate surface area is 131 Å². The van der Waals surface area contributed by atoms with Crippen LogP contribution in [0.1, 0.15) is 17.2 Å². The van der Waals surface area contributed by atoms with Crippen LogP contribution in [0.25, 0.3) is 0 Å². The zero-order valence-electron chi connectivity index (χ0n) is 11.5. The molecule has 2 aromatic carbocycles. The van der Waals surface area contributed by atoms with Crippen molar-refractivity contribution in [3.8, 4) is 17.2 Å². The third-order valence-electron chi connectivity index (χ3n) is 3.44. The number of ether oxygens (including phenoxy) is 3. The van der Waals surface area contributed by atoms with Crippen LogP contribution in [0.15, 0.2) is 40.9 Å². The van der Waals surface area contributed by atoms with E-state index in [2.05, 4.69) is 15.9 Å². The number of fused-ring (bicyclic) bond motifs is 1. The maximum atomic E-state index is 10.5. The van der Waals surface area contributed by atoms with Crippen LogP contribution in [0.5, 0.6) is 17.2 Å². The molecule has 4 nitrogen and oxygen atoms in total. The Morgan fingerprint density at radius 3 is 2.86 bits per heavy atom. The third kappa shape index (κ3) is 2.84. The molecule has 0 saturated carbocycles. The van der Waals surface area contributed by atoms with Crippen molar-refractivity contribution in [3.63, 3.8) is 0 Å². The number of halogens is 1. The average molecular weight is 351 g/mol. The van der Waals surface area contributed by atoms with Gasteiger partial charge in [-0.25, -0.2) is 0 Å². The molecule has 0 aromatic heterocycles. The van der Waals surface area contributed by atoms with Crippen LogP contribution in [0.2, 0.25) is 0 Å². The summed E-state index contributed by atoms with van der Waals surface area (Å²) in [7, 11) is 1.57. The molecule has 1 N–H and O–H groups in total. The fourth-order valence-corrected chi connectivity index (χ4v) is 2.78. The van der Waals surface area contributed by atoms with Crippen LogP contribution in [0.3, 0.4) is 0 Å². The van der Waals surface area contributed by atoms with E-state index in [4.69, 9.17) is 14.2 Å². The van der Waals surface area contributed by atoms with Crippen LogP contribution < -0.4 is 14.2 Å². The Bertz CT molecular complexity index is 657. The first-order valence-electron chi connectivity index (χ1n) is 6.58. The second-order valence-electron chi connectivity index (χ2n) is 4.77. The van der Waals surface area contributed by atoms with E-state index < -0.39 is 6.10 Å². The van der Waals surface area contributed by atoms with Gasteiger partial charge in [0, 0.05) is 10.9 Å². The number of aliphatic hydroxyl groups is 1. The number of hydrogen-bond acceptors (Lipinski definition) is 4. The van der Waals surface area contributed by atoms with Crippen molar-refractivity contribution >= 4 is 15.9 Å². The highest BCUT2D eigenvalue weighted by Crippen LogP contribution is 2.43. The smallest absolute Gasteiger partial charge is 0.231 e. The number of benzene rings is 2. The summed E-state index contributed by atoms with van der Waals surface area (Å²) in [5.74, 6) is 1.77. The quantitative estimate of drug-likeness (QED) is 0.917. The lowest BCUT2D eigenvalue weighted by Gasteiger charge is -2.14. The van der Waals surface area contributed by atoms with Crippen molar-refractivity contribution < 1.29 is 19.3 Å². The third-order valence-corrected chi connectivity index (χ3v) is 4.21. The Kier molecular flexibility index (Phi) is 4.03. The largest absolute Gasteiger partial charge is 0.493 e. The number of methoxy groups -OCH3 is 1. The average Bonchev–Trinajstić information content (AvgIpc) is 2.97. The predicted octanol–water partition coefficient (Wildman–Crippen LogP) is 3.46. The molecule has 0 spiro atoms. The fraction of sp³-hybridized carbons (Fsp3) is 0.250. The van der Waals surface area contributed by atoms with Crippen molar-refractivity contribution in [2.24, 2.45) is 0 Å². The van der Waals surface area contributed by atoms with E-state index in [0.717, 1.165) is 15.6 Å². The lowest BCUT2D eigenvalue weighted by molar-refractivity contribution is 0.170. The molecule has 110 valence electrons. The maximum absolute atomic E-state index is 10.5. The van der Waals surface area contributed by atoms with Gasteiger partial charge < -0.3 is 19.3 Å². The molecule has 0 bridgehead atoms. The van der Waals surface area contributed by atoms with E-state index in [-0.39, 0.29) is 6.79 Å². The second kappa shape index (κ2) is 5.95. The van der Waals surface area contributed by atoms with Gasteiger partial charge in [0.1, 0.15) is 0 Å². The molecular weight excluding hydrogens is 336 g/mol. The van der Waals surface area contributed by atoms with Gasteiger partial charge >= 0.3 is 0 Å². The molecule has 1 heterocycles. The van der Waals surface area contributed by atoms with Crippen molar-refractivity contribution in [2.45, 2.75) is 12.5 Å². The van der Waals surface area contributed by atoms with Gasteiger partial charge in [-0.3, -0.25) is 0 Å². The summed E-state index contributed by atoms with van der Waals surface area (Å²) < 4.78 is 17.0. The van der Waals surface area contributed by atoms with Crippen LogP contribution in [0.4, 0.5) is 0 Å². The van der Waals surface area contributed by atoms with Gasteiger partial charge in [-0.15, -0.1) is 0 Å². The molecule has 1 aliphatic rings. The minimum atomic E-state index is -0.646. The minimum absolute atomic E-state index is 0.176. The second-order valence-corrected chi connectivity index (χ2v) is 5.62. The van der Waals surface area contributed by atoms with Gasteiger partial charge in [0.25, 0.3) is 0 Å². The van der Waals surface area contributed by atoms with E-state index in [1.165, 1.54) is 0 Å². The summed E-state index contributed by atoms with van der Waals surface area (Å²) in [6, 6.07) is 11.4. The lowest BCUT2D eigenvalue weighted by Crippen LogP contribution is -2.03. The molecule has 0 saturated heterocycles. The number of hydrogen-bond donors (Lipinski definition) is 1. The van der Waals surface area contributed by atoms with E-state index in [9.17, 15) is 5.11 Å². The van der Waals surface area contributed by atoms with E-state index in [1.807, 2.05) is 24.3 Å². The molecule has 3 rings (SSSR count). The highest BCUT2D eigenvalue weighted by atomic mass is 79.9. The lowest BCUT2D eigenvalue weighted by atomic mass is 10.0. The molecule has 0 fully saturated rings. The minimum Gasteiger partial charge on any atom is -0.493 e. The van der Waals surface area contributed by atoms with Gasteiger partial charge in [-0.1, -0.05) is 34.1 Å². The zero-order valence-corrected chi connectivity index (χ0v) is 13.1. The first-order valence-corrected chi connectivity index (χ1v) is 7.37. The van der Waals surface area contributed by atoms with Crippen LogP contribution >= 0.6 is 15.9 Å². The van der Waals surface area contributed by atoms with E-state index in [0.29, 0.717) is 23.7 Å². The predicted molar refractivity (Wildman–Crippen MR) is 81.9 cm³/mol. The molecule has 1 aliphatic heterocycles. The first-order chi connectivity index (χ1) is 10.2. The van der Waals surface area contributed by atoms with Crippen LogP contribution in [-0.4, -0.2) is 19.0 Å².